The van der Waals surface area contributed by atoms with Gasteiger partial charge in [-0.1, -0.05) is 18.2 Å². The molecule has 2 rings (SSSR count). The van der Waals surface area contributed by atoms with E-state index in [1.807, 2.05) is 6.07 Å². The van der Waals surface area contributed by atoms with Gasteiger partial charge in [-0.05, 0) is 29.8 Å². The largest absolute Gasteiger partial charge is 0.396 e. The van der Waals surface area contributed by atoms with Crippen molar-refractivity contribution in [3.63, 3.8) is 0 Å². The van der Waals surface area contributed by atoms with Crippen molar-refractivity contribution in [1.29, 1.82) is 5.26 Å². The summed E-state index contributed by atoms with van der Waals surface area (Å²) in [7, 11) is 0. The Labute approximate surface area is 120 Å². The van der Waals surface area contributed by atoms with Gasteiger partial charge in [0.25, 0.3) is 0 Å². The molecule has 0 aliphatic carbocycles. The van der Waals surface area contributed by atoms with Crippen molar-refractivity contribution in [2.75, 3.05) is 6.61 Å². The number of aliphatic hydroxyl groups is 1. The van der Waals surface area contributed by atoms with E-state index in [2.05, 4.69) is 0 Å². The Morgan fingerprint density at radius 2 is 1.57 bits per heavy atom. The molecular formula is C16H12F3NO. The number of rotatable bonds is 4. The average Bonchev–Trinajstić information content (AvgIpc) is 2.47. The van der Waals surface area contributed by atoms with Crippen LogP contribution in [-0.4, -0.2) is 11.7 Å². The van der Waals surface area contributed by atoms with Crippen LogP contribution in [0.15, 0.2) is 42.5 Å². The first-order valence-corrected chi connectivity index (χ1v) is 6.28. The van der Waals surface area contributed by atoms with Gasteiger partial charge in [-0.25, -0.2) is 13.2 Å². The minimum atomic E-state index is -1.07. The minimum absolute atomic E-state index is 0.337. The highest BCUT2D eigenvalue weighted by atomic mass is 19.1. The summed E-state index contributed by atoms with van der Waals surface area (Å²) in [6.45, 7) is -0.604. The fourth-order valence-corrected chi connectivity index (χ4v) is 2.30. The zero-order valence-electron chi connectivity index (χ0n) is 10.9. The summed E-state index contributed by atoms with van der Waals surface area (Å²) in [5.41, 5.74) is 0.0523. The topological polar surface area (TPSA) is 44.0 Å². The molecule has 21 heavy (non-hydrogen) atoms. The molecule has 2 unspecified atom stereocenters. The smallest absolute Gasteiger partial charge is 0.129 e. The van der Waals surface area contributed by atoms with Crippen molar-refractivity contribution < 1.29 is 18.3 Å². The summed E-state index contributed by atoms with van der Waals surface area (Å²) in [5.74, 6) is -4.18. The lowest BCUT2D eigenvalue weighted by Gasteiger charge is -2.21. The highest BCUT2D eigenvalue weighted by molar-refractivity contribution is 5.34. The molecule has 0 aliphatic heterocycles. The maximum Gasteiger partial charge on any atom is 0.129 e. The molecule has 0 aromatic heterocycles. The molecule has 5 heteroatoms. The molecule has 0 aliphatic rings. The van der Waals surface area contributed by atoms with Gasteiger partial charge < -0.3 is 5.11 Å². The second-order valence-corrected chi connectivity index (χ2v) is 4.58. The first-order chi connectivity index (χ1) is 10.1. The molecule has 0 saturated heterocycles. The first kappa shape index (κ1) is 15.1. The maximum absolute atomic E-state index is 13.8. The van der Waals surface area contributed by atoms with Gasteiger partial charge in [-0.3, -0.25) is 0 Å². The van der Waals surface area contributed by atoms with Crippen LogP contribution in [0.3, 0.4) is 0 Å². The van der Waals surface area contributed by atoms with Crippen molar-refractivity contribution in [1.82, 2.24) is 0 Å². The zero-order chi connectivity index (χ0) is 15.4. The van der Waals surface area contributed by atoms with Crippen LogP contribution in [-0.2, 0) is 0 Å². The molecule has 0 amide bonds. The number of nitriles is 1. The summed E-state index contributed by atoms with van der Waals surface area (Å²) < 4.78 is 40.6. The Hall–Kier alpha value is -2.32. The van der Waals surface area contributed by atoms with Crippen LogP contribution in [0.25, 0.3) is 0 Å². The summed E-state index contributed by atoms with van der Waals surface area (Å²) in [6.07, 6.45) is 0. The molecule has 2 atom stereocenters. The van der Waals surface area contributed by atoms with Crippen LogP contribution in [0.2, 0.25) is 0 Å². The van der Waals surface area contributed by atoms with E-state index in [0.29, 0.717) is 5.56 Å². The van der Waals surface area contributed by atoms with Crippen molar-refractivity contribution in [2.45, 2.75) is 11.8 Å². The van der Waals surface area contributed by atoms with E-state index < -0.39 is 35.9 Å². The third-order valence-corrected chi connectivity index (χ3v) is 3.34. The van der Waals surface area contributed by atoms with Crippen LogP contribution < -0.4 is 0 Å². The quantitative estimate of drug-likeness (QED) is 0.937. The van der Waals surface area contributed by atoms with E-state index in [1.54, 1.807) is 0 Å². The summed E-state index contributed by atoms with van der Waals surface area (Å²) in [4.78, 5) is 0. The summed E-state index contributed by atoms with van der Waals surface area (Å²) in [5, 5.41) is 18.8. The van der Waals surface area contributed by atoms with E-state index in [-0.39, 0.29) is 5.56 Å². The molecule has 108 valence electrons. The van der Waals surface area contributed by atoms with Gasteiger partial charge in [0.05, 0.1) is 18.6 Å². The molecule has 0 saturated carbocycles. The molecule has 2 aromatic rings. The predicted molar refractivity (Wildman–Crippen MR) is 70.9 cm³/mol. The minimum Gasteiger partial charge on any atom is -0.396 e. The number of halogens is 3. The number of nitrogens with zero attached hydrogens (tertiary/aromatic N) is 1. The van der Waals surface area contributed by atoms with Gasteiger partial charge in [-0.15, -0.1) is 0 Å². The van der Waals surface area contributed by atoms with Gasteiger partial charge in [0.15, 0.2) is 0 Å². The van der Waals surface area contributed by atoms with Gasteiger partial charge in [0, 0.05) is 11.5 Å². The third-order valence-electron chi connectivity index (χ3n) is 3.34. The fourth-order valence-electron chi connectivity index (χ4n) is 2.30. The van der Waals surface area contributed by atoms with Gasteiger partial charge in [0.2, 0.25) is 0 Å². The standard InChI is InChI=1S/C16H12F3NO/c17-11-6-4-10(5-7-11)12(8-20)13(9-21)16-14(18)2-1-3-15(16)19/h1-7,12-13,21H,9H2. The molecule has 0 heterocycles. The second-order valence-electron chi connectivity index (χ2n) is 4.58. The lowest BCUT2D eigenvalue weighted by Crippen LogP contribution is -2.17. The molecule has 2 aromatic carbocycles. The highest BCUT2D eigenvalue weighted by Crippen LogP contribution is 2.35. The average molecular weight is 291 g/mol. The van der Waals surface area contributed by atoms with E-state index >= 15 is 0 Å². The monoisotopic (exact) mass is 291 g/mol. The SMILES string of the molecule is N#CC(c1ccc(F)cc1)C(CO)c1c(F)cccc1F. The molecule has 0 fully saturated rings. The Morgan fingerprint density at radius 1 is 1.00 bits per heavy atom. The van der Waals surface area contributed by atoms with Crippen LogP contribution in [0.4, 0.5) is 13.2 Å². The Kier molecular flexibility index (Phi) is 4.61. The molecular weight excluding hydrogens is 279 g/mol. The van der Waals surface area contributed by atoms with Crippen molar-refractivity contribution >= 4 is 0 Å². The molecule has 0 radical (unpaired) electrons. The first-order valence-electron chi connectivity index (χ1n) is 6.28. The van der Waals surface area contributed by atoms with E-state index in [9.17, 15) is 23.5 Å². The van der Waals surface area contributed by atoms with Crippen molar-refractivity contribution in [3.05, 3.63) is 71.0 Å². The summed E-state index contributed by atoms with van der Waals surface area (Å²) >= 11 is 0. The molecule has 2 nitrogen and oxygen atoms in total. The fraction of sp³-hybridized carbons (Fsp3) is 0.188. The molecule has 1 N–H and O–H groups in total. The Morgan fingerprint density at radius 3 is 2.05 bits per heavy atom. The van der Waals surface area contributed by atoms with Crippen LogP contribution in [0.1, 0.15) is 23.0 Å². The number of hydrogen-bond acceptors (Lipinski definition) is 2. The normalized spacial score (nSPS) is 13.5. The molecule has 0 bridgehead atoms. The zero-order valence-corrected chi connectivity index (χ0v) is 10.9. The number of benzene rings is 2. The van der Waals surface area contributed by atoms with Crippen LogP contribution in [0.5, 0.6) is 0 Å². The Balaban J connectivity index is 2.48. The number of hydrogen-bond donors (Lipinski definition) is 1. The molecule has 0 spiro atoms. The third kappa shape index (κ3) is 3.06. The van der Waals surface area contributed by atoms with E-state index in [4.69, 9.17) is 0 Å². The lowest BCUT2D eigenvalue weighted by molar-refractivity contribution is 0.251. The van der Waals surface area contributed by atoms with Crippen LogP contribution in [0, 0.1) is 28.8 Å². The second kappa shape index (κ2) is 6.42. The van der Waals surface area contributed by atoms with E-state index in [1.165, 1.54) is 18.2 Å². The van der Waals surface area contributed by atoms with Gasteiger partial charge in [0.1, 0.15) is 17.5 Å². The van der Waals surface area contributed by atoms with Gasteiger partial charge in [-0.2, -0.15) is 5.26 Å². The maximum atomic E-state index is 13.8. The van der Waals surface area contributed by atoms with Crippen LogP contribution >= 0.6 is 0 Å². The van der Waals surface area contributed by atoms with E-state index in [0.717, 1.165) is 24.3 Å². The van der Waals surface area contributed by atoms with Gasteiger partial charge >= 0.3 is 0 Å². The Bertz CT molecular complexity index is 644. The highest BCUT2D eigenvalue weighted by Gasteiger charge is 2.29. The summed E-state index contributed by atoms with van der Waals surface area (Å²) in [6, 6.07) is 10.3. The number of aliphatic hydroxyl groups excluding tert-OH is 1. The predicted octanol–water partition coefficient (Wildman–Crippen LogP) is 3.49. The lowest BCUT2D eigenvalue weighted by atomic mass is 9.82. The van der Waals surface area contributed by atoms with Crippen molar-refractivity contribution in [3.8, 4) is 6.07 Å². The van der Waals surface area contributed by atoms with Crippen molar-refractivity contribution in [2.24, 2.45) is 0 Å².